The second-order valence-corrected chi connectivity index (χ2v) is 8.00. The summed E-state index contributed by atoms with van der Waals surface area (Å²) in [5.41, 5.74) is 0.709. The number of carbonyl (C=O) groups is 1. The second kappa shape index (κ2) is 5.85. The van der Waals surface area contributed by atoms with Gasteiger partial charge in [-0.15, -0.1) is 0 Å². The van der Waals surface area contributed by atoms with Gasteiger partial charge in [0.2, 0.25) is 5.91 Å². The lowest BCUT2D eigenvalue weighted by molar-refractivity contribution is -0.125. The molecule has 0 bridgehead atoms. The molecule has 0 spiro atoms. The Morgan fingerprint density at radius 2 is 2.09 bits per heavy atom. The van der Waals surface area contributed by atoms with E-state index >= 15 is 0 Å². The molecular weight excluding hydrogens is 344 g/mol. The fraction of sp³-hybridized carbons (Fsp3) is 0.588. The lowest BCUT2D eigenvalue weighted by Crippen LogP contribution is -2.49. The quantitative estimate of drug-likeness (QED) is 0.841. The predicted octanol–water partition coefficient (Wildman–Crippen LogP) is 2.50. The number of benzene rings is 1. The van der Waals surface area contributed by atoms with Crippen molar-refractivity contribution in [2.75, 3.05) is 19.7 Å². The van der Waals surface area contributed by atoms with E-state index in [0.29, 0.717) is 18.4 Å². The van der Waals surface area contributed by atoms with E-state index in [2.05, 4.69) is 26.6 Å². The molecule has 22 heavy (non-hydrogen) atoms. The zero-order chi connectivity index (χ0) is 15.9. The summed E-state index contributed by atoms with van der Waals surface area (Å²) in [5.74, 6) is 2.33. The van der Waals surface area contributed by atoms with Crippen LogP contribution in [0.3, 0.4) is 0 Å². The van der Waals surface area contributed by atoms with Crippen LogP contribution >= 0.6 is 15.9 Å². The van der Waals surface area contributed by atoms with Crippen LogP contribution in [-0.4, -0.2) is 31.1 Å². The summed E-state index contributed by atoms with van der Waals surface area (Å²) in [6, 6.07) is 5.94. The van der Waals surface area contributed by atoms with Crippen LogP contribution in [0.15, 0.2) is 22.7 Å². The standard InChI is InChI=1S/C17H23BrN2O2/c1-10-6-11(18)4-5-14(10)22-9-17(2,3)20-16(21)15-12-7-19-8-13(12)15/h4-6,12-13,15,19H,7-9H2,1-3H3,(H,20,21)/t12-,13?,15?/m1/s1. The van der Waals surface area contributed by atoms with Crippen LogP contribution < -0.4 is 15.4 Å². The van der Waals surface area contributed by atoms with E-state index in [1.807, 2.05) is 39.0 Å². The number of ether oxygens (including phenoxy) is 1. The van der Waals surface area contributed by atoms with E-state index in [1.165, 1.54) is 0 Å². The fourth-order valence-corrected chi connectivity index (χ4v) is 3.77. The number of carbonyl (C=O) groups excluding carboxylic acids is 1. The monoisotopic (exact) mass is 366 g/mol. The van der Waals surface area contributed by atoms with Gasteiger partial charge in [0.25, 0.3) is 0 Å². The normalized spacial score (nSPS) is 26.5. The molecular formula is C17H23BrN2O2. The van der Waals surface area contributed by atoms with E-state index in [0.717, 1.165) is 28.9 Å². The van der Waals surface area contributed by atoms with Gasteiger partial charge in [-0.25, -0.2) is 0 Å². The minimum atomic E-state index is -0.374. The molecule has 1 aliphatic heterocycles. The molecule has 1 aliphatic carbocycles. The third-order valence-corrected chi connectivity index (χ3v) is 5.07. The molecule has 3 atom stereocenters. The maximum Gasteiger partial charge on any atom is 0.224 e. The van der Waals surface area contributed by atoms with Crippen molar-refractivity contribution in [3.05, 3.63) is 28.2 Å². The van der Waals surface area contributed by atoms with Gasteiger partial charge in [0.15, 0.2) is 0 Å². The molecule has 1 saturated carbocycles. The molecule has 1 aromatic carbocycles. The summed E-state index contributed by atoms with van der Waals surface area (Å²) in [4.78, 5) is 12.4. The molecule has 3 rings (SSSR count). The Kier molecular flexibility index (Phi) is 4.21. The summed E-state index contributed by atoms with van der Waals surface area (Å²) in [6.07, 6.45) is 0. The van der Waals surface area contributed by atoms with Gasteiger partial charge in [-0.05, 0) is 69.5 Å². The smallest absolute Gasteiger partial charge is 0.224 e. The van der Waals surface area contributed by atoms with Gasteiger partial charge in [0, 0.05) is 10.4 Å². The van der Waals surface area contributed by atoms with Crippen molar-refractivity contribution in [1.82, 2.24) is 10.6 Å². The maximum absolute atomic E-state index is 12.4. The number of nitrogens with one attached hydrogen (secondary N) is 2. The predicted molar refractivity (Wildman–Crippen MR) is 89.9 cm³/mol. The number of hydrogen-bond acceptors (Lipinski definition) is 3. The molecule has 1 saturated heterocycles. The van der Waals surface area contributed by atoms with Crippen LogP contribution in [0.2, 0.25) is 0 Å². The van der Waals surface area contributed by atoms with E-state index in [1.54, 1.807) is 0 Å². The number of halogens is 1. The van der Waals surface area contributed by atoms with Crippen LogP contribution in [0.1, 0.15) is 19.4 Å². The van der Waals surface area contributed by atoms with Crippen molar-refractivity contribution in [2.45, 2.75) is 26.3 Å². The third-order valence-electron chi connectivity index (χ3n) is 4.58. The lowest BCUT2D eigenvalue weighted by Gasteiger charge is -2.27. The number of piperidine rings is 1. The van der Waals surface area contributed by atoms with Crippen molar-refractivity contribution in [3.63, 3.8) is 0 Å². The highest BCUT2D eigenvalue weighted by Crippen LogP contribution is 2.48. The van der Waals surface area contributed by atoms with Crippen LogP contribution in [-0.2, 0) is 4.79 Å². The fourth-order valence-electron chi connectivity index (χ4n) is 3.29. The van der Waals surface area contributed by atoms with Crippen molar-refractivity contribution < 1.29 is 9.53 Å². The molecule has 2 unspecified atom stereocenters. The molecule has 2 fully saturated rings. The van der Waals surface area contributed by atoms with Crippen molar-refractivity contribution in [3.8, 4) is 5.75 Å². The molecule has 1 heterocycles. The summed E-state index contributed by atoms with van der Waals surface area (Å²) in [7, 11) is 0. The first-order valence-electron chi connectivity index (χ1n) is 7.79. The zero-order valence-corrected chi connectivity index (χ0v) is 14.9. The second-order valence-electron chi connectivity index (χ2n) is 7.08. The number of fused-ring (bicyclic) bond motifs is 1. The Morgan fingerprint density at radius 3 is 2.73 bits per heavy atom. The summed E-state index contributed by atoms with van der Waals surface area (Å²) in [5, 5.41) is 6.47. The minimum Gasteiger partial charge on any atom is -0.491 e. The molecule has 2 aliphatic rings. The number of rotatable bonds is 5. The largest absolute Gasteiger partial charge is 0.491 e. The maximum atomic E-state index is 12.4. The van der Waals surface area contributed by atoms with Crippen LogP contribution in [0.25, 0.3) is 0 Å². The third kappa shape index (κ3) is 3.30. The molecule has 1 aromatic rings. The van der Waals surface area contributed by atoms with Crippen molar-refractivity contribution in [2.24, 2.45) is 17.8 Å². The number of aryl methyl sites for hydroxylation is 1. The average Bonchev–Trinajstić information content (AvgIpc) is 2.91. The highest BCUT2D eigenvalue weighted by atomic mass is 79.9. The van der Waals surface area contributed by atoms with Gasteiger partial charge < -0.3 is 15.4 Å². The zero-order valence-electron chi connectivity index (χ0n) is 13.3. The number of amides is 1. The Bertz CT molecular complexity index is 578. The molecule has 0 aromatic heterocycles. The Labute approximate surface area is 140 Å². The van der Waals surface area contributed by atoms with Crippen LogP contribution in [0.4, 0.5) is 0 Å². The SMILES string of the molecule is Cc1cc(Br)ccc1OCC(C)(C)NC(=O)C1C2CNC[C@H]21. The minimum absolute atomic E-state index is 0.178. The highest BCUT2D eigenvalue weighted by Gasteiger charge is 2.57. The van der Waals surface area contributed by atoms with Gasteiger partial charge in [0.1, 0.15) is 12.4 Å². The molecule has 5 heteroatoms. The first kappa shape index (κ1) is 15.8. The summed E-state index contributed by atoms with van der Waals surface area (Å²) in [6.45, 7) is 8.46. The van der Waals surface area contributed by atoms with E-state index in [-0.39, 0.29) is 17.4 Å². The van der Waals surface area contributed by atoms with Crippen molar-refractivity contribution >= 4 is 21.8 Å². The Morgan fingerprint density at radius 1 is 1.41 bits per heavy atom. The van der Waals surface area contributed by atoms with Gasteiger partial charge in [0.05, 0.1) is 5.54 Å². The summed E-state index contributed by atoms with van der Waals surface area (Å²) < 4.78 is 6.94. The van der Waals surface area contributed by atoms with Crippen LogP contribution in [0.5, 0.6) is 5.75 Å². The lowest BCUT2D eigenvalue weighted by atomic mass is 10.1. The van der Waals surface area contributed by atoms with E-state index in [4.69, 9.17) is 4.74 Å². The molecule has 120 valence electrons. The van der Waals surface area contributed by atoms with Gasteiger partial charge in [-0.2, -0.15) is 0 Å². The first-order chi connectivity index (χ1) is 10.4. The Hall–Kier alpha value is -1.07. The topological polar surface area (TPSA) is 50.4 Å². The average molecular weight is 367 g/mol. The van der Waals surface area contributed by atoms with Gasteiger partial charge in [-0.1, -0.05) is 15.9 Å². The van der Waals surface area contributed by atoms with Crippen molar-refractivity contribution in [1.29, 1.82) is 0 Å². The van der Waals surface area contributed by atoms with Gasteiger partial charge >= 0.3 is 0 Å². The molecule has 4 nitrogen and oxygen atoms in total. The Balaban J connectivity index is 1.53. The highest BCUT2D eigenvalue weighted by molar-refractivity contribution is 9.10. The van der Waals surface area contributed by atoms with Crippen LogP contribution in [0, 0.1) is 24.7 Å². The molecule has 0 radical (unpaired) electrons. The molecule has 2 N–H and O–H groups in total. The first-order valence-corrected chi connectivity index (χ1v) is 8.58. The summed E-state index contributed by atoms with van der Waals surface area (Å²) >= 11 is 3.45. The van der Waals surface area contributed by atoms with E-state index < -0.39 is 0 Å². The number of hydrogen-bond donors (Lipinski definition) is 2. The van der Waals surface area contributed by atoms with Gasteiger partial charge in [-0.3, -0.25) is 4.79 Å². The van der Waals surface area contributed by atoms with E-state index in [9.17, 15) is 4.79 Å². The molecule has 1 amide bonds.